The fourth-order valence-corrected chi connectivity index (χ4v) is 4.43. The predicted octanol–water partition coefficient (Wildman–Crippen LogP) is 4.89. The molecule has 0 aromatic carbocycles. The van der Waals surface area contributed by atoms with Gasteiger partial charge in [-0.3, -0.25) is 0 Å². The van der Waals surface area contributed by atoms with Crippen LogP contribution in [-0.4, -0.2) is 0 Å². The second kappa shape index (κ2) is 4.11. The van der Waals surface area contributed by atoms with Crippen molar-refractivity contribution >= 4 is 0 Å². The van der Waals surface area contributed by atoms with Crippen LogP contribution < -0.4 is 0 Å². The lowest BCUT2D eigenvalue weighted by Gasteiger charge is -2.35. The molecule has 4 atom stereocenters. The molecule has 0 amide bonds. The molecule has 2 aliphatic carbocycles. The zero-order valence-corrected chi connectivity index (χ0v) is 11.1. The van der Waals surface area contributed by atoms with Crippen LogP contribution in [0.3, 0.4) is 0 Å². The Kier molecular flexibility index (Phi) is 3.14. The Morgan fingerprint density at radius 1 is 1.13 bits per heavy atom. The molecule has 2 rings (SSSR count). The van der Waals surface area contributed by atoms with Crippen LogP contribution in [0.5, 0.6) is 0 Å². The van der Waals surface area contributed by atoms with Crippen LogP contribution in [-0.2, 0) is 0 Å². The molecule has 0 heteroatoms. The maximum Gasteiger partial charge on any atom is -0.0292 e. The van der Waals surface area contributed by atoms with Gasteiger partial charge in [0.25, 0.3) is 0 Å². The van der Waals surface area contributed by atoms with Crippen molar-refractivity contribution in [2.75, 3.05) is 0 Å². The molecule has 0 aromatic heterocycles. The summed E-state index contributed by atoms with van der Waals surface area (Å²) in [5.74, 6) is 3.93. The Morgan fingerprint density at radius 3 is 2.53 bits per heavy atom. The number of fused-ring (bicyclic) bond motifs is 1. The molecule has 0 nitrogen and oxygen atoms in total. The molecule has 15 heavy (non-hydrogen) atoms. The highest BCUT2D eigenvalue weighted by molar-refractivity contribution is 4.95. The number of rotatable bonds is 1. The maximum atomic E-state index is 2.59. The maximum absolute atomic E-state index is 2.59. The lowest BCUT2D eigenvalue weighted by atomic mass is 9.70. The predicted molar refractivity (Wildman–Crippen MR) is 66.8 cm³/mol. The molecule has 0 radical (unpaired) electrons. The van der Waals surface area contributed by atoms with E-state index in [0.29, 0.717) is 5.41 Å². The quantitative estimate of drug-likeness (QED) is 0.576. The van der Waals surface area contributed by atoms with E-state index in [1.54, 1.807) is 0 Å². The molecular formula is C15H28. The van der Waals surface area contributed by atoms with Gasteiger partial charge in [-0.15, -0.1) is 0 Å². The van der Waals surface area contributed by atoms with E-state index in [1.807, 2.05) is 0 Å². The average molecular weight is 208 g/mol. The normalized spacial score (nSPS) is 46.6. The van der Waals surface area contributed by atoms with Gasteiger partial charge in [-0.05, 0) is 54.8 Å². The number of hydrogen-bond acceptors (Lipinski definition) is 0. The van der Waals surface area contributed by atoms with Crippen LogP contribution in [0.25, 0.3) is 0 Å². The lowest BCUT2D eigenvalue weighted by molar-refractivity contribution is 0.143. The fraction of sp³-hybridized carbons (Fsp3) is 1.00. The Balaban J connectivity index is 2.16. The van der Waals surface area contributed by atoms with E-state index in [1.165, 1.54) is 38.5 Å². The van der Waals surface area contributed by atoms with Gasteiger partial charge in [0, 0.05) is 0 Å². The van der Waals surface area contributed by atoms with Crippen LogP contribution in [0.1, 0.15) is 66.2 Å². The summed E-state index contributed by atoms with van der Waals surface area (Å²) in [5.41, 5.74) is 0.699. The Labute approximate surface area is 95.8 Å². The molecular weight excluding hydrogens is 180 g/mol. The van der Waals surface area contributed by atoms with Gasteiger partial charge in [0.05, 0.1) is 0 Å². The summed E-state index contributed by atoms with van der Waals surface area (Å²) in [7, 11) is 0. The number of hydrogen-bond donors (Lipinski definition) is 0. The molecule has 0 N–H and O–H groups in total. The first-order chi connectivity index (χ1) is 7.03. The minimum Gasteiger partial charge on any atom is -0.0625 e. The minimum absolute atomic E-state index is 0.699. The molecule has 0 spiro atoms. The monoisotopic (exact) mass is 208 g/mol. The van der Waals surface area contributed by atoms with Crippen LogP contribution in [0.2, 0.25) is 0 Å². The van der Waals surface area contributed by atoms with Crippen molar-refractivity contribution in [1.82, 2.24) is 0 Å². The van der Waals surface area contributed by atoms with Crippen molar-refractivity contribution in [3.05, 3.63) is 0 Å². The van der Waals surface area contributed by atoms with E-state index in [0.717, 1.165) is 23.7 Å². The van der Waals surface area contributed by atoms with E-state index < -0.39 is 0 Å². The third-order valence-corrected chi connectivity index (χ3v) is 5.51. The van der Waals surface area contributed by atoms with E-state index in [4.69, 9.17) is 0 Å². The van der Waals surface area contributed by atoms with Crippen molar-refractivity contribution < 1.29 is 0 Å². The molecule has 2 fully saturated rings. The van der Waals surface area contributed by atoms with Crippen molar-refractivity contribution in [3.8, 4) is 0 Å². The summed E-state index contributed by atoms with van der Waals surface area (Å²) in [6.07, 6.45) is 9.01. The topological polar surface area (TPSA) is 0 Å². The molecule has 0 saturated heterocycles. The van der Waals surface area contributed by atoms with Gasteiger partial charge < -0.3 is 0 Å². The van der Waals surface area contributed by atoms with E-state index >= 15 is 0 Å². The van der Waals surface area contributed by atoms with Gasteiger partial charge in [0.1, 0.15) is 0 Å². The van der Waals surface area contributed by atoms with E-state index in [9.17, 15) is 0 Å². The summed E-state index contributed by atoms with van der Waals surface area (Å²) >= 11 is 0. The summed E-state index contributed by atoms with van der Waals surface area (Å²) in [5, 5.41) is 0. The first-order valence-corrected chi connectivity index (χ1v) is 7.03. The highest BCUT2D eigenvalue weighted by Crippen LogP contribution is 2.55. The summed E-state index contributed by atoms with van der Waals surface area (Å²) in [4.78, 5) is 0. The lowest BCUT2D eigenvalue weighted by Crippen LogP contribution is -2.27. The van der Waals surface area contributed by atoms with Crippen molar-refractivity contribution in [1.29, 1.82) is 0 Å². The Hall–Kier alpha value is 0. The molecule has 0 aliphatic heterocycles. The Bertz CT molecular complexity index is 218. The van der Waals surface area contributed by atoms with Crippen molar-refractivity contribution in [3.63, 3.8) is 0 Å². The highest BCUT2D eigenvalue weighted by Gasteiger charge is 2.44. The summed E-state index contributed by atoms with van der Waals surface area (Å²) in [6, 6.07) is 0. The fourth-order valence-electron chi connectivity index (χ4n) is 4.43. The van der Waals surface area contributed by atoms with Crippen LogP contribution in [0.4, 0.5) is 0 Å². The second-order valence-electron chi connectivity index (χ2n) is 6.92. The third kappa shape index (κ3) is 2.10. The van der Waals surface area contributed by atoms with Crippen LogP contribution in [0.15, 0.2) is 0 Å². The smallest absolute Gasteiger partial charge is 0.0292 e. The molecule has 0 unspecified atom stereocenters. The minimum atomic E-state index is 0.699. The molecule has 0 heterocycles. The van der Waals surface area contributed by atoms with Gasteiger partial charge in [0.2, 0.25) is 0 Å². The average Bonchev–Trinajstić information content (AvgIpc) is 2.49. The zero-order chi connectivity index (χ0) is 11.1. The van der Waals surface area contributed by atoms with E-state index in [-0.39, 0.29) is 0 Å². The van der Waals surface area contributed by atoms with Crippen molar-refractivity contribution in [2.45, 2.75) is 66.2 Å². The van der Waals surface area contributed by atoms with E-state index in [2.05, 4.69) is 27.7 Å². The molecule has 88 valence electrons. The van der Waals surface area contributed by atoms with Gasteiger partial charge in [-0.2, -0.15) is 0 Å². The summed E-state index contributed by atoms with van der Waals surface area (Å²) in [6.45, 7) is 9.95. The second-order valence-corrected chi connectivity index (χ2v) is 6.92. The van der Waals surface area contributed by atoms with Gasteiger partial charge in [0.15, 0.2) is 0 Å². The largest absolute Gasteiger partial charge is 0.0625 e. The first kappa shape index (κ1) is 11.5. The van der Waals surface area contributed by atoms with Gasteiger partial charge >= 0.3 is 0 Å². The van der Waals surface area contributed by atoms with Gasteiger partial charge in [-0.25, -0.2) is 0 Å². The SMILES string of the molecule is CC(C)[C@@H]1CC[C@H](C)[C@@H]2CCC[C@@]2(C)C1. The van der Waals surface area contributed by atoms with Crippen molar-refractivity contribution in [2.24, 2.45) is 29.1 Å². The zero-order valence-electron chi connectivity index (χ0n) is 11.1. The highest BCUT2D eigenvalue weighted by atomic mass is 14.5. The molecule has 0 aromatic rings. The summed E-state index contributed by atoms with van der Waals surface area (Å²) < 4.78 is 0. The standard InChI is InChI=1S/C15H28/c1-11(2)13-8-7-12(3)14-6-5-9-15(14,4)10-13/h11-14H,5-10H2,1-4H3/t12-,13+,14-,15-/m0/s1. The van der Waals surface area contributed by atoms with Crippen LogP contribution >= 0.6 is 0 Å². The Morgan fingerprint density at radius 2 is 1.87 bits per heavy atom. The first-order valence-electron chi connectivity index (χ1n) is 7.03. The molecule has 0 bridgehead atoms. The van der Waals surface area contributed by atoms with Crippen LogP contribution in [0, 0.1) is 29.1 Å². The third-order valence-electron chi connectivity index (χ3n) is 5.51. The molecule has 2 saturated carbocycles. The molecule has 2 aliphatic rings. The van der Waals surface area contributed by atoms with Gasteiger partial charge in [-0.1, -0.05) is 40.5 Å².